The lowest BCUT2D eigenvalue weighted by molar-refractivity contribution is -0.111. The van der Waals surface area contributed by atoms with Crippen LogP contribution >= 0.6 is 0 Å². The van der Waals surface area contributed by atoms with Gasteiger partial charge >= 0.3 is 0 Å². The number of hydrogen-bond donors (Lipinski definition) is 2. The van der Waals surface area contributed by atoms with Crippen LogP contribution in [0.15, 0.2) is 48.7 Å². The first-order valence-corrected chi connectivity index (χ1v) is 8.05. The number of aromatic nitrogens is 1. The first-order chi connectivity index (χ1) is 13.1. The fourth-order valence-corrected chi connectivity index (χ4v) is 2.60. The van der Waals surface area contributed by atoms with Gasteiger partial charge in [-0.15, -0.1) is 6.42 Å². The monoisotopic (exact) mass is 350 g/mol. The summed E-state index contributed by atoms with van der Waals surface area (Å²) in [5.74, 6) is 7.16. The van der Waals surface area contributed by atoms with Gasteiger partial charge < -0.3 is 10.6 Å². The molecule has 1 aromatic heterocycles. The number of benzene rings is 2. The lowest BCUT2D eigenvalue weighted by Crippen LogP contribution is -2.08. The summed E-state index contributed by atoms with van der Waals surface area (Å²) in [4.78, 5) is 16.0. The fraction of sp³-hybridized carbons (Fsp3) is 0.0455. The largest absolute Gasteiger partial charge is 0.354 e. The smallest absolute Gasteiger partial charge is 0.300 e. The molecule has 5 heteroatoms. The van der Waals surface area contributed by atoms with Crippen molar-refractivity contribution >= 4 is 33.9 Å². The third kappa shape index (κ3) is 3.87. The van der Waals surface area contributed by atoms with Gasteiger partial charge in [-0.3, -0.25) is 9.78 Å². The van der Waals surface area contributed by atoms with Crippen LogP contribution in [0.25, 0.3) is 10.9 Å². The standard InChI is InChI=1S/C22H14N4O/c1-3-6-21(27)25-18-9-10-20-19(12-18)22(16(13-23)14-24-20)26-17-8-5-7-15(4-2)11-17/h2,5,7-12,14H,1H3,(H,24,26)(H,25,27). The molecule has 128 valence electrons. The van der Waals surface area contributed by atoms with Crippen molar-refractivity contribution in [2.75, 3.05) is 10.6 Å². The summed E-state index contributed by atoms with van der Waals surface area (Å²) in [5.41, 5.74) is 3.69. The molecule has 27 heavy (non-hydrogen) atoms. The number of fused-ring (bicyclic) bond motifs is 1. The molecule has 1 heterocycles. The molecule has 1 amide bonds. The quantitative estimate of drug-likeness (QED) is 0.705. The molecule has 0 fully saturated rings. The Morgan fingerprint density at radius 3 is 2.78 bits per heavy atom. The Bertz CT molecular complexity index is 1190. The molecule has 0 aliphatic carbocycles. The van der Waals surface area contributed by atoms with Crippen molar-refractivity contribution in [1.29, 1.82) is 5.26 Å². The Kier molecular flexibility index (Phi) is 5.03. The zero-order valence-corrected chi connectivity index (χ0v) is 14.5. The van der Waals surface area contributed by atoms with Gasteiger partial charge in [-0.05, 0) is 49.2 Å². The zero-order chi connectivity index (χ0) is 19.2. The van der Waals surface area contributed by atoms with Crippen molar-refractivity contribution in [3.63, 3.8) is 0 Å². The number of nitrogens with zero attached hydrogens (tertiary/aromatic N) is 2. The molecule has 5 nitrogen and oxygen atoms in total. The van der Waals surface area contributed by atoms with Gasteiger partial charge in [0.15, 0.2) is 0 Å². The van der Waals surface area contributed by atoms with Gasteiger partial charge in [-0.2, -0.15) is 5.26 Å². The molecule has 0 unspecified atom stereocenters. The average molecular weight is 350 g/mol. The highest BCUT2D eigenvalue weighted by Gasteiger charge is 2.11. The van der Waals surface area contributed by atoms with Crippen LogP contribution in [0, 0.1) is 35.5 Å². The van der Waals surface area contributed by atoms with Crippen LogP contribution in [0.5, 0.6) is 0 Å². The second-order valence-electron chi connectivity index (χ2n) is 5.57. The van der Waals surface area contributed by atoms with E-state index in [1.165, 1.54) is 6.20 Å². The van der Waals surface area contributed by atoms with E-state index < -0.39 is 5.91 Å². The maximum atomic E-state index is 11.7. The summed E-state index contributed by atoms with van der Waals surface area (Å²) < 4.78 is 0. The van der Waals surface area contributed by atoms with E-state index in [4.69, 9.17) is 6.42 Å². The molecular formula is C22H14N4O. The van der Waals surface area contributed by atoms with Crippen molar-refractivity contribution in [2.45, 2.75) is 6.92 Å². The highest BCUT2D eigenvalue weighted by molar-refractivity contribution is 6.06. The lowest BCUT2D eigenvalue weighted by Gasteiger charge is -2.13. The van der Waals surface area contributed by atoms with Crippen LogP contribution in [-0.4, -0.2) is 10.9 Å². The van der Waals surface area contributed by atoms with Gasteiger partial charge in [0.1, 0.15) is 6.07 Å². The molecule has 0 aliphatic heterocycles. The van der Waals surface area contributed by atoms with Crippen LogP contribution in [0.4, 0.5) is 17.1 Å². The maximum Gasteiger partial charge on any atom is 0.300 e. The topological polar surface area (TPSA) is 77.8 Å². The number of rotatable bonds is 3. The Morgan fingerprint density at radius 2 is 2.04 bits per heavy atom. The number of anilines is 3. The Morgan fingerprint density at radius 1 is 1.19 bits per heavy atom. The number of terminal acetylenes is 1. The Balaban J connectivity index is 2.10. The van der Waals surface area contributed by atoms with Gasteiger partial charge in [0.05, 0.1) is 16.8 Å². The summed E-state index contributed by atoms with van der Waals surface area (Å²) in [7, 11) is 0. The molecule has 0 atom stereocenters. The van der Waals surface area contributed by atoms with Gasteiger partial charge in [0.25, 0.3) is 5.91 Å². The molecule has 0 saturated carbocycles. The first-order valence-electron chi connectivity index (χ1n) is 8.05. The van der Waals surface area contributed by atoms with Gasteiger partial charge in [0, 0.05) is 28.5 Å². The number of amides is 1. The van der Waals surface area contributed by atoms with Crippen molar-refractivity contribution < 1.29 is 4.79 Å². The predicted molar refractivity (Wildman–Crippen MR) is 106 cm³/mol. The molecular weight excluding hydrogens is 336 g/mol. The van der Waals surface area contributed by atoms with Crippen molar-refractivity contribution in [1.82, 2.24) is 4.98 Å². The van der Waals surface area contributed by atoms with E-state index in [0.29, 0.717) is 27.8 Å². The number of carbonyl (C=O) groups is 1. The molecule has 3 aromatic rings. The second-order valence-corrected chi connectivity index (χ2v) is 5.57. The normalized spacial score (nSPS) is 9.44. The minimum Gasteiger partial charge on any atom is -0.354 e. The van der Waals surface area contributed by atoms with Crippen LogP contribution in [0.2, 0.25) is 0 Å². The number of hydrogen-bond acceptors (Lipinski definition) is 4. The maximum absolute atomic E-state index is 11.7. The SMILES string of the molecule is C#Cc1cccc(Nc2c(C#N)cnc3ccc(NC(=O)C#CC)cc23)c1. The summed E-state index contributed by atoms with van der Waals surface area (Å²) in [6.45, 7) is 1.59. The van der Waals surface area contributed by atoms with Crippen LogP contribution in [-0.2, 0) is 4.79 Å². The third-order valence-electron chi connectivity index (χ3n) is 3.78. The van der Waals surface area contributed by atoms with Crippen molar-refractivity contribution in [3.05, 3.63) is 59.8 Å². The highest BCUT2D eigenvalue weighted by atomic mass is 16.1. The average Bonchev–Trinajstić information content (AvgIpc) is 2.68. The molecule has 2 aromatic carbocycles. The molecule has 3 rings (SSSR count). The molecule has 0 bridgehead atoms. The van der Waals surface area contributed by atoms with E-state index in [-0.39, 0.29) is 0 Å². The van der Waals surface area contributed by atoms with E-state index in [1.807, 2.05) is 24.3 Å². The Hall–Kier alpha value is -4.27. The van der Waals surface area contributed by atoms with Crippen molar-refractivity contribution in [3.8, 4) is 30.3 Å². The van der Waals surface area contributed by atoms with Crippen LogP contribution < -0.4 is 10.6 Å². The van der Waals surface area contributed by atoms with E-state index in [9.17, 15) is 10.1 Å². The molecule has 0 radical (unpaired) electrons. The number of carbonyl (C=O) groups excluding carboxylic acids is 1. The molecule has 0 spiro atoms. The molecule has 0 saturated heterocycles. The summed E-state index contributed by atoms with van der Waals surface area (Å²) in [6.07, 6.45) is 6.97. The fourth-order valence-electron chi connectivity index (χ4n) is 2.60. The van der Waals surface area contributed by atoms with Crippen LogP contribution in [0.3, 0.4) is 0 Å². The predicted octanol–water partition coefficient (Wildman–Crippen LogP) is 3.79. The second kappa shape index (κ2) is 7.74. The minimum atomic E-state index is -0.405. The zero-order valence-electron chi connectivity index (χ0n) is 14.5. The van der Waals surface area contributed by atoms with E-state index in [2.05, 4.69) is 39.4 Å². The van der Waals surface area contributed by atoms with Crippen molar-refractivity contribution in [2.24, 2.45) is 0 Å². The van der Waals surface area contributed by atoms with E-state index in [1.54, 1.807) is 25.1 Å². The first kappa shape index (κ1) is 17.5. The number of nitrogens with one attached hydrogen (secondary N) is 2. The highest BCUT2D eigenvalue weighted by Crippen LogP contribution is 2.31. The number of pyridine rings is 1. The Labute approximate surface area is 157 Å². The summed E-state index contributed by atoms with van der Waals surface area (Å²) >= 11 is 0. The summed E-state index contributed by atoms with van der Waals surface area (Å²) in [6, 6.07) is 14.7. The van der Waals surface area contributed by atoms with Gasteiger partial charge in [-0.1, -0.05) is 17.9 Å². The van der Waals surface area contributed by atoms with Gasteiger partial charge in [-0.25, -0.2) is 0 Å². The van der Waals surface area contributed by atoms with Crippen LogP contribution in [0.1, 0.15) is 18.1 Å². The van der Waals surface area contributed by atoms with Gasteiger partial charge in [0.2, 0.25) is 0 Å². The lowest BCUT2D eigenvalue weighted by atomic mass is 10.1. The third-order valence-corrected chi connectivity index (χ3v) is 3.78. The number of nitriles is 1. The molecule has 0 aliphatic rings. The minimum absolute atomic E-state index is 0.380. The van der Waals surface area contributed by atoms with E-state index >= 15 is 0 Å². The molecule has 2 N–H and O–H groups in total. The van der Waals surface area contributed by atoms with E-state index in [0.717, 1.165) is 11.3 Å². The summed E-state index contributed by atoms with van der Waals surface area (Å²) in [5, 5.41) is 16.1.